The Kier molecular flexibility index (Phi) is 4.57. The van der Waals surface area contributed by atoms with E-state index in [0.29, 0.717) is 6.01 Å². The molecule has 3 nitrogen and oxygen atoms in total. The third kappa shape index (κ3) is 3.20. The van der Waals surface area contributed by atoms with Gasteiger partial charge in [-0.25, -0.2) is 0 Å². The van der Waals surface area contributed by atoms with E-state index in [1.54, 1.807) is 0 Å². The second-order valence-electron chi connectivity index (χ2n) is 10.9. The predicted octanol–water partition coefficient (Wildman–Crippen LogP) is 9.91. The van der Waals surface area contributed by atoms with Gasteiger partial charge in [0, 0.05) is 10.8 Å². The minimum Gasteiger partial charge on any atom is -0.422 e. The van der Waals surface area contributed by atoms with Gasteiger partial charge in [-0.15, -0.1) is 0 Å². The zero-order valence-electron chi connectivity index (χ0n) is 21.8. The van der Waals surface area contributed by atoms with Crippen LogP contribution in [-0.4, -0.2) is 4.98 Å². The maximum Gasteiger partial charge on any atom is 0.307 e. The van der Waals surface area contributed by atoms with Crippen molar-refractivity contribution in [2.45, 2.75) is 19.3 Å². The van der Waals surface area contributed by atoms with E-state index < -0.39 is 0 Å². The van der Waals surface area contributed by atoms with Crippen molar-refractivity contribution < 1.29 is 4.42 Å². The lowest BCUT2D eigenvalue weighted by Crippen LogP contribution is -2.16. The van der Waals surface area contributed by atoms with Crippen LogP contribution in [-0.2, 0) is 5.41 Å². The van der Waals surface area contributed by atoms with Crippen LogP contribution in [0.2, 0.25) is 0 Å². The van der Waals surface area contributed by atoms with Crippen LogP contribution in [0.15, 0.2) is 126 Å². The lowest BCUT2D eigenvalue weighted by Gasteiger charge is -2.25. The summed E-state index contributed by atoms with van der Waals surface area (Å²) < 4.78 is 6.65. The molecule has 0 spiro atoms. The van der Waals surface area contributed by atoms with E-state index >= 15 is 0 Å². The number of rotatable bonds is 3. The van der Waals surface area contributed by atoms with Gasteiger partial charge in [0.05, 0.1) is 11.4 Å². The summed E-state index contributed by atoms with van der Waals surface area (Å²) in [5.41, 5.74) is 8.89. The number of fused-ring (bicyclic) bond motifs is 8. The molecule has 7 aromatic rings. The number of para-hydroxylation sites is 1. The van der Waals surface area contributed by atoms with Crippen molar-refractivity contribution in [3.05, 3.63) is 132 Å². The number of nitrogens with zero attached hydrogens (tertiary/aromatic N) is 2. The molecule has 0 unspecified atom stereocenters. The highest BCUT2D eigenvalue weighted by molar-refractivity contribution is 6.15. The van der Waals surface area contributed by atoms with Crippen LogP contribution in [0.1, 0.15) is 25.0 Å². The molecule has 0 saturated heterocycles. The van der Waals surface area contributed by atoms with Crippen molar-refractivity contribution >= 4 is 50.0 Å². The molecule has 1 aromatic heterocycles. The SMILES string of the molecule is CC1(C)c2ccccc2-c2ccc(N(c3ccccc3)c3nc4ccc5c6ccccc6ccc5c4o3)cc21. The standard InChI is InChI=1S/C36H26N2O/c1-36(2)31-15-9-8-14-28(31)29-19-17-25(22-32(29)36)38(24-11-4-3-5-12-24)35-37-33-21-20-27-26-13-7-6-10-23(26)16-18-30(27)34(33)39-35/h3-22H,1-2H3. The van der Waals surface area contributed by atoms with Crippen molar-refractivity contribution in [3.8, 4) is 11.1 Å². The molecule has 0 bridgehead atoms. The minimum atomic E-state index is -0.0944. The summed E-state index contributed by atoms with van der Waals surface area (Å²) in [7, 11) is 0. The first-order valence-electron chi connectivity index (χ1n) is 13.4. The van der Waals surface area contributed by atoms with Gasteiger partial charge in [-0.2, -0.15) is 4.98 Å². The Morgan fingerprint density at radius 3 is 2.23 bits per heavy atom. The van der Waals surface area contributed by atoms with Crippen LogP contribution in [0.25, 0.3) is 43.8 Å². The molecule has 0 amide bonds. The summed E-state index contributed by atoms with van der Waals surface area (Å²) in [6, 6.07) is 43.4. The molecule has 186 valence electrons. The molecule has 0 N–H and O–H groups in total. The monoisotopic (exact) mass is 502 g/mol. The van der Waals surface area contributed by atoms with Gasteiger partial charge in [0.15, 0.2) is 5.58 Å². The Hall–Kier alpha value is -4.89. The van der Waals surface area contributed by atoms with E-state index in [1.807, 2.05) is 6.07 Å². The number of anilines is 3. The molecule has 6 aromatic carbocycles. The van der Waals surface area contributed by atoms with Gasteiger partial charge >= 0.3 is 6.01 Å². The average molecular weight is 503 g/mol. The molecular formula is C36H26N2O. The Morgan fingerprint density at radius 2 is 1.33 bits per heavy atom. The fraction of sp³-hybridized carbons (Fsp3) is 0.0833. The van der Waals surface area contributed by atoms with Crippen molar-refractivity contribution in [3.63, 3.8) is 0 Å². The zero-order valence-corrected chi connectivity index (χ0v) is 21.8. The summed E-state index contributed by atoms with van der Waals surface area (Å²) in [4.78, 5) is 7.16. The summed E-state index contributed by atoms with van der Waals surface area (Å²) >= 11 is 0. The summed E-state index contributed by atoms with van der Waals surface area (Å²) in [6.07, 6.45) is 0. The van der Waals surface area contributed by atoms with Gasteiger partial charge in [-0.05, 0) is 74.8 Å². The number of aromatic nitrogens is 1. The van der Waals surface area contributed by atoms with Crippen LogP contribution in [0, 0.1) is 0 Å². The molecule has 3 heteroatoms. The second kappa shape index (κ2) is 8.05. The molecule has 1 aliphatic rings. The van der Waals surface area contributed by atoms with Gasteiger partial charge in [-0.3, -0.25) is 4.90 Å². The van der Waals surface area contributed by atoms with Gasteiger partial charge < -0.3 is 4.42 Å². The first kappa shape index (κ1) is 22.1. The van der Waals surface area contributed by atoms with Crippen molar-refractivity contribution in [1.82, 2.24) is 4.98 Å². The highest BCUT2D eigenvalue weighted by atomic mass is 16.4. The Labute approximate surface area is 227 Å². The molecule has 39 heavy (non-hydrogen) atoms. The van der Waals surface area contributed by atoms with Gasteiger partial charge in [-0.1, -0.05) is 98.8 Å². The van der Waals surface area contributed by atoms with Crippen LogP contribution in [0.5, 0.6) is 0 Å². The van der Waals surface area contributed by atoms with Crippen LogP contribution in [0.4, 0.5) is 17.4 Å². The van der Waals surface area contributed by atoms with E-state index in [-0.39, 0.29) is 5.41 Å². The smallest absolute Gasteiger partial charge is 0.307 e. The Morgan fingerprint density at radius 1 is 0.590 bits per heavy atom. The molecule has 0 radical (unpaired) electrons. The molecule has 1 heterocycles. The van der Waals surface area contributed by atoms with E-state index in [9.17, 15) is 0 Å². The van der Waals surface area contributed by atoms with Gasteiger partial charge in [0.2, 0.25) is 0 Å². The average Bonchev–Trinajstić information content (AvgIpc) is 3.50. The second-order valence-corrected chi connectivity index (χ2v) is 10.9. The molecule has 1 aliphatic carbocycles. The van der Waals surface area contributed by atoms with E-state index in [4.69, 9.17) is 9.40 Å². The Balaban J connectivity index is 1.34. The first-order valence-corrected chi connectivity index (χ1v) is 13.4. The maximum absolute atomic E-state index is 6.65. The predicted molar refractivity (Wildman–Crippen MR) is 161 cm³/mol. The van der Waals surface area contributed by atoms with Crippen LogP contribution in [0.3, 0.4) is 0 Å². The van der Waals surface area contributed by atoms with Crippen molar-refractivity contribution in [1.29, 1.82) is 0 Å². The van der Waals surface area contributed by atoms with E-state index in [1.165, 1.54) is 38.4 Å². The first-order chi connectivity index (χ1) is 19.1. The fourth-order valence-electron chi connectivity index (χ4n) is 6.34. The van der Waals surface area contributed by atoms with Crippen molar-refractivity contribution in [2.75, 3.05) is 4.90 Å². The maximum atomic E-state index is 6.65. The molecule has 0 saturated carbocycles. The fourth-order valence-corrected chi connectivity index (χ4v) is 6.34. The summed E-state index contributed by atoms with van der Waals surface area (Å²) in [6.45, 7) is 4.62. The highest BCUT2D eigenvalue weighted by Crippen LogP contribution is 2.50. The molecular weight excluding hydrogens is 476 g/mol. The molecule has 0 aliphatic heterocycles. The van der Waals surface area contributed by atoms with Crippen molar-refractivity contribution in [2.24, 2.45) is 0 Å². The number of benzene rings is 6. The normalized spacial score (nSPS) is 13.6. The molecule has 8 rings (SSSR count). The largest absolute Gasteiger partial charge is 0.422 e. The minimum absolute atomic E-state index is 0.0944. The van der Waals surface area contributed by atoms with E-state index in [0.717, 1.165) is 27.9 Å². The van der Waals surface area contributed by atoms with E-state index in [2.05, 4.69) is 134 Å². The topological polar surface area (TPSA) is 29.3 Å². The number of hydrogen-bond acceptors (Lipinski definition) is 3. The third-order valence-electron chi connectivity index (χ3n) is 8.30. The summed E-state index contributed by atoms with van der Waals surface area (Å²) in [5.74, 6) is 0. The third-order valence-corrected chi connectivity index (χ3v) is 8.30. The van der Waals surface area contributed by atoms with Gasteiger partial charge in [0.25, 0.3) is 0 Å². The summed E-state index contributed by atoms with van der Waals surface area (Å²) in [5, 5.41) is 4.68. The Bertz CT molecular complexity index is 2050. The highest BCUT2D eigenvalue weighted by Gasteiger charge is 2.36. The molecule has 0 fully saturated rings. The molecule has 0 atom stereocenters. The zero-order chi connectivity index (χ0) is 26.1. The lowest BCUT2D eigenvalue weighted by molar-refractivity contribution is 0.611. The number of oxazole rings is 1. The lowest BCUT2D eigenvalue weighted by atomic mass is 9.82. The quantitative estimate of drug-likeness (QED) is 0.225. The number of hydrogen-bond donors (Lipinski definition) is 0. The van der Waals surface area contributed by atoms with Crippen LogP contribution < -0.4 is 4.90 Å². The van der Waals surface area contributed by atoms with Crippen LogP contribution >= 0.6 is 0 Å². The van der Waals surface area contributed by atoms with Gasteiger partial charge in [0.1, 0.15) is 5.52 Å².